The van der Waals surface area contributed by atoms with Crippen LogP contribution in [0.2, 0.25) is 0 Å². The summed E-state index contributed by atoms with van der Waals surface area (Å²) in [4.78, 5) is 18.3. The summed E-state index contributed by atoms with van der Waals surface area (Å²) in [5.74, 6) is 0. The molecule has 0 heterocycles. The maximum atomic E-state index is 10.1. The van der Waals surface area contributed by atoms with Gasteiger partial charge in [0, 0.05) is 0 Å². The van der Waals surface area contributed by atoms with Gasteiger partial charge in [0.25, 0.3) is 0 Å². The predicted octanol–water partition coefficient (Wildman–Crippen LogP) is -2.30. The van der Waals surface area contributed by atoms with E-state index in [1.807, 2.05) is 0 Å². The molecule has 6 N–H and O–H groups in total. The highest BCUT2D eigenvalue weighted by atomic mass is 32.1. The third-order valence-corrected chi connectivity index (χ3v) is 2.02. The number of aldehydes is 1. The average Bonchev–Trinajstić information content (AvgIpc) is 2.33. The molecule has 0 fully saturated rings. The highest BCUT2D eigenvalue weighted by molar-refractivity contribution is 7.78. The molecule has 18 heavy (non-hydrogen) atoms. The van der Waals surface area contributed by atoms with Gasteiger partial charge in [-0.1, -0.05) is 0 Å². The van der Waals surface area contributed by atoms with Crippen LogP contribution in [0.3, 0.4) is 0 Å². The van der Waals surface area contributed by atoms with Crippen molar-refractivity contribution in [2.24, 2.45) is 0 Å². The van der Waals surface area contributed by atoms with E-state index in [1.54, 1.807) is 5.16 Å². The summed E-state index contributed by atoms with van der Waals surface area (Å²) in [6, 6.07) is 0. The molecule has 0 aliphatic rings. The first kappa shape index (κ1) is 19.8. The molecule has 11 heteroatoms. The van der Waals surface area contributed by atoms with E-state index in [1.165, 1.54) is 0 Å². The molecule has 0 rings (SSSR count). The quantitative estimate of drug-likeness (QED) is 0.131. The lowest BCUT2D eigenvalue weighted by Gasteiger charge is -2.23. The zero-order valence-corrected chi connectivity index (χ0v) is 10.8. The monoisotopic (exact) mass is 303 g/mol. The van der Waals surface area contributed by atoms with Crippen molar-refractivity contribution in [1.29, 1.82) is 5.41 Å². The first-order valence-electron chi connectivity index (χ1n) is 4.38. The summed E-state index contributed by atoms with van der Waals surface area (Å²) in [5.41, 5.74) is 0. The molecule has 5 unspecified atom stereocenters. The van der Waals surface area contributed by atoms with Gasteiger partial charge in [-0.05, 0) is 12.2 Å². The van der Waals surface area contributed by atoms with Gasteiger partial charge in [-0.15, -0.1) is 0 Å². The number of hydrogen-bond acceptors (Lipinski definition) is 9. The summed E-state index contributed by atoms with van der Waals surface area (Å²) in [7, 11) is -3.25. The summed E-state index contributed by atoms with van der Waals surface area (Å²) in [6.45, 7) is -0.696. The van der Waals surface area contributed by atoms with E-state index in [-0.39, 0.29) is 6.29 Å². The largest absolute Gasteiger partial charge is 0.388 e. The third kappa shape index (κ3) is 9.49. The Morgan fingerprint density at radius 2 is 1.78 bits per heavy atom. The van der Waals surface area contributed by atoms with Crippen LogP contribution < -0.4 is 0 Å². The fourth-order valence-corrected chi connectivity index (χ4v) is 1.08. The molecular formula is C7H14NO8PS. The van der Waals surface area contributed by atoms with Gasteiger partial charge in [-0.25, -0.2) is 5.41 Å². The van der Waals surface area contributed by atoms with Crippen LogP contribution in [-0.2, 0) is 13.9 Å². The summed E-state index contributed by atoms with van der Waals surface area (Å²) >= 11 is 3.81. The fraction of sp³-hybridized carbons (Fsp3) is 0.714. The normalized spacial score (nSPS) is 18.3. The maximum absolute atomic E-state index is 10.1. The van der Waals surface area contributed by atoms with E-state index in [0.29, 0.717) is 0 Å². The SMILES string of the molecule is N=C=S.O=CC(O)C(O)C(O)C(O)CO[PH](=O)O. The Morgan fingerprint density at radius 1 is 1.33 bits per heavy atom. The average molecular weight is 303 g/mol. The van der Waals surface area contributed by atoms with Crippen LogP contribution in [0, 0.1) is 5.41 Å². The van der Waals surface area contributed by atoms with E-state index in [2.05, 4.69) is 16.7 Å². The Balaban J connectivity index is 0. The van der Waals surface area contributed by atoms with E-state index < -0.39 is 39.3 Å². The fourth-order valence-electron chi connectivity index (χ4n) is 0.765. The molecule has 0 aliphatic carbocycles. The van der Waals surface area contributed by atoms with Crippen LogP contribution in [0.1, 0.15) is 0 Å². The highest BCUT2D eigenvalue weighted by Crippen LogP contribution is 2.16. The van der Waals surface area contributed by atoms with Crippen LogP contribution in [0.4, 0.5) is 0 Å². The third-order valence-electron chi connectivity index (χ3n) is 1.61. The first-order chi connectivity index (χ1) is 8.31. The van der Waals surface area contributed by atoms with Crippen LogP contribution in [0.15, 0.2) is 0 Å². The molecule has 0 aromatic carbocycles. The Hall–Kier alpha value is -0.540. The first-order valence-corrected chi connectivity index (χ1v) is 6.06. The maximum Gasteiger partial charge on any atom is 0.316 e. The summed E-state index contributed by atoms with van der Waals surface area (Å²) < 4.78 is 14.2. The van der Waals surface area contributed by atoms with E-state index >= 15 is 0 Å². The molecule has 0 aliphatic heterocycles. The lowest BCUT2D eigenvalue weighted by Crippen LogP contribution is -2.46. The minimum Gasteiger partial charge on any atom is -0.388 e. The molecule has 0 saturated carbocycles. The number of carbonyl (C=O) groups excluding carboxylic acids is 1. The number of carbonyl (C=O) groups is 1. The van der Waals surface area contributed by atoms with Crippen molar-refractivity contribution in [1.82, 2.24) is 0 Å². The zero-order chi connectivity index (χ0) is 14.7. The van der Waals surface area contributed by atoms with Crippen molar-refractivity contribution < 1.29 is 39.2 Å². The predicted molar refractivity (Wildman–Crippen MR) is 62.6 cm³/mol. The lowest BCUT2D eigenvalue weighted by atomic mass is 10.0. The van der Waals surface area contributed by atoms with Crippen molar-refractivity contribution >= 4 is 31.9 Å². The Bertz CT molecular complexity index is 297. The van der Waals surface area contributed by atoms with Crippen molar-refractivity contribution in [3.63, 3.8) is 0 Å². The van der Waals surface area contributed by atoms with Gasteiger partial charge in [-0.2, -0.15) is 0 Å². The number of thiocarbonyl (C=S) groups is 1. The summed E-state index contributed by atoms with van der Waals surface area (Å²) in [5, 5.41) is 43.4. The zero-order valence-electron chi connectivity index (χ0n) is 8.96. The van der Waals surface area contributed by atoms with Crippen LogP contribution in [-0.4, -0.2) is 67.8 Å². The number of isothiocyanates is 1. The Morgan fingerprint density at radius 3 is 2.11 bits per heavy atom. The molecule has 0 aromatic heterocycles. The van der Waals surface area contributed by atoms with E-state index in [0.717, 1.165) is 0 Å². The van der Waals surface area contributed by atoms with Gasteiger partial charge in [0.15, 0.2) is 6.29 Å². The number of aliphatic hydroxyl groups is 4. The minimum atomic E-state index is -3.25. The number of hydrogen-bond donors (Lipinski definition) is 6. The second-order valence-corrected chi connectivity index (χ2v) is 3.88. The molecule has 0 radical (unpaired) electrons. The standard InChI is InChI=1S/C6H13O8P.CHNS/c7-1-3(8)5(10)6(11)4(9)2-14-15(12)13;2-1-3/h1,3-6,8-11,15H,2H2,(H,12,13);2H. The Kier molecular flexibility index (Phi) is 12.7. The molecular weight excluding hydrogens is 289 g/mol. The molecule has 5 atom stereocenters. The van der Waals surface area contributed by atoms with Gasteiger partial charge >= 0.3 is 8.25 Å². The van der Waals surface area contributed by atoms with Crippen molar-refractivity contribution in [3.8, 4) is 0 Å². The van der Waals surface area contributed by atoms with Gasteiger partial charge in [0.05, 0.1) is 11.8 Å². The van der Waals surface area contributed by atoms with Gasteiger partial charge < -0.3 is 34.6 Å². The van der Waals surface area contributed by atoms with Gasteiger partial charge in [0.2, 0.25) is 0 Å². The van der Waals surface area contributed by atoms with Crippen LogP contribution >= 0.6 is 20.5 Å². The topological polar surface area (TPSA) is 168 Å². The summed E-state index contributed by atoms with van der Waals surface area (Å²) in [6.07, 6.45) is -7.29. The van der Waals surface area contributed by atoms with Crippen molar-refractivity contribution in [2.75, 3.05) is 6.61 Å². The lowest BCUT2D eigenvalue weighted by molar-refractivity contribution is -0.135. The smallest absolute Gasteiger partial charge is 0.316 e. The van der Waals surface area contributed by atoms with Crippen LogP contribution in [0.25, 0.3) is 0 Å². The van der Waals surface area contributed by atoms with Gasteiger partial charge in [-0.3, -0.25) is 4.57 Å². The van der Waals surface area contributed by atoms with E-state index in [9.17, 15) is 9.36 Å². The second-order valence-electron chi connectivity index (χ2n) is 2.85. The molecule has 9 nitrogen and oxygen atoms in total. The number of nitrogens with one attached hydrogen (secondary N) is 1. The number of aliphatic hydroxyl groups excluding tert-OH is 4. The molecule has 106 valence electrons. The Labute approximate surface area is 108 Å². The van der Waals surface area contributed by atoms with Crippen LogP contribution in [0.5, 0.6) is 0 Å². The van der Waals surface area contributed by atoms with Gasteiger partial charge in [0.1, 0.15) is 24.4 Å². The van der Waals surface area contributed by atoms with Crippen molar-refractivity contribution in [3.05, 3.63) is 0 Å². The number of rotatable bonds is 7. The van der Waals surface area contributed by atoms with E-state index in [4.69, 9.17) is 30.7 Å². The molecule has 0 saturated heterocycles. The highest BCUT2D eigenvalue weighted by Gasteiger charge is 2.30. The minimum absolute atomic E-state index is 0.0175. The molecule has 0 bridgehead atoms. The molecule has 0 aromatic rings. The molecule has 0 amide bonds. The van der Waals surface area contributed by atoms with Crippen molar-refractivity contribution in [2.45, 2.75) is 24.4 Å². The molecule has 0 spiro atoms. The second kappa shape index (κ2) is 11.5.